The van der Waals surface area contributed by atoms with Gasteiger partial charge in [-0.1, -0.05) is 0 Å². The molecule has 1 fully saturated rings. The fourth-order valence-electron chi connectivity index (χ4n) is 1.69. The fraction of sp³-hybridized carbons (Fsp3) is 0.625. The third-order valence-electron chi connectivity index (χ3n) is 2.31. The molecule has 2 aliphatic rings. The summed E-state index contributed by atoms with van der Waals surface area (Å²) < 4.78 is 16.9. The van der Waals surface area contributed by atoms with Crippen LogP contribution in [0, 0.1) is 0 Å². The van der Waals surface area contributed by atoms with Crippen molar-refractivity contribution < 1.29 is 18.8 Å². The average molecular weight is 217 g/mol. The van der Waals surface area contributed by atoms with Crippen LogP contribution in [0.1, 0.15) is 12.8 Å². The van der Waals surface area contributed by atoms with E-state index in [1.807, 2.05) is 0 Å². The number of hydrogen-bond acceptors (Lipinski definition) is 4. The lowest BCUT2D eigenvalue weighted by Crippen LogP contribution is -2.18. The molecule has 2 heterocycles. The molecule has 0 radical (unpaired) electrons. The zero-order valence-electron chi connectivity index (χ0n) is 7.49. The molecule has 6 heteroatoms. The molecule has 0 saturated carbocycles. The highest BCUT2D eigenvalue weighted by Gasteiger charge is 2.34. The molecule has 14 heavy (non-hydrogen) atoms. The van der Waals surface area contributed by atoms with Crippen LogP contribution in [0.2, 0.25) is 0 Å². The van der Waals surface area contributed by atoms with Crippen molar-refractivity contribution in [2.24, 2.45) is 0 Å². The van der Waals surface area contributed by atoms with Crippen LogP contribution >= 0.6 is 0 Å². The van der Waals surface area contributed by atoms with Crippen molar-refractivity contribution in [2.75, 3.05) is 12.5 Å². The first kappa shape index (κ1) is 9.67. The Morgan fingerprint density at radius 3 is 3.00 bits per heavy atom. The van der Waals surface area contributed by atoms with Crippen molar-refractivity contribution in [1.29, 1.82) is 0 Å². The molecule has 1 unspecified atom stereocenters. The lowest BCUT2D eigenvalue weighted by molar-refractivity contribution is -0.133. The first-order valence-electron chi connectivity index (χ1n) is 4.41. The molecular formula is C8H11NO4S. The standard InChI is InChI=1S/C8H11NO4S/c10-8(11)6-7(14(12)4-9-6)5-2-1-3-13-5/h5,9H,1-4H2,(H,10,11)/t5-,14?/m1/s1. The molecule has 2 N–H and O–H groups in total. The molecule has 2 aliphatic heterocycles. The highest BCUT2D eigenvalue weighted by atomic mass is 32.2. The van der Waals surface area contributed by atoms with E-state index in [0.29, 0.717) is 11.5 Å². The molecule has 2 atom stereocenters. The van der Waals surface area contributed by atoms with Gasteiger partial charge in [0.25, 0.3) is 0 Å². The van der Waals surface area contributed by atoms with Gasteiger partial charge in [0.15, 0.2) is 0 Å². The van der Waals surface area contributed by atoms with E-state index < -0.39 is 16.8 Å². The van der Waals surface area contributed by atoms with Gasteiger partial charge in [0.2, 0.25) is 0 Å². The third-order valence-corrected chi connectivity index (χ3v) is 3.67. The van der Waals surface area contributed by atoms with E-state index in [9.17, 15) is 9.00 Å². The van der Waals surface area contributed by atoms with E-state index in [0.717, 1.165) is 12.8 Å². The van der Waals surface area contributed by atoms with Crippen molar-refractivity contribution >= 4 is 16.8 Å². The van der Waals surface area contributed by atoms with Gasteiger partial charge in [0.1, 0.15) is 5.70 Å². The van der Waals surface area contributed by atoms with Gasteiger partial charge >= 0.3 is 5.97 Å². The van der Waals surface area contributed by atoms with Crippen LogP contribution in [-0.2, 0) is 20.3 Å². The molecule has 0 aromatic heterocycles. The first-order valence-corrected chi connectivity index (χ1v) is 5.73. The van der Waals surface area contributed by atoms with E-state index in [4.69, 9.17) is 9.84 Å². The number of carboxylic acid groups (broad SMARTS) is 1. The molecule has 0 amide bonds. The molecule has 1 saturated heterocycles. The Balaban J connectivity index is 2.30. The predicted molar refractivity (Wildman–Crippen MR) is 49.8 cm³/mol. The SMILES string of the molecule is O=C(O)C1=C([C@H]2CCCO2)S(=O)CN1. The van der Waals surface area contributed by atoms with Crippen molar-refractivity contribution in [3.05, 3.63) is 10.6 Å². The molecular weight excluding hydrogens is 206 g/mol. The van der Waals surface area contributed by atoms with Gasteiger partial charge in [0.05, 0.1) is 27.7 Å². The van der Waals surface area contributed by atoms with Gasteiger partial charge in [-0.25, -0.2) is 4.79 Å². The highest BCUT2D eigenvalue weighted by molar-refractivity contribution is 7.89. The van der Waals surface area contributed by atoms with Gasteiger partial charge in [-0.3, -0.25) is 4.21 Å². The van der Waals surface area contributed by atoms with Crippen LogP contribution in [0.5, 0.6) is 0 Å². The number of nitrogens with one attached hydrogen (secondary N) is 1. The lowest BCUT2D eigenvalue weighted by atomic mass is 10.2. The number of ether oxygens (including phenoxy) is 1. The maximum atomic E-state index is 11.5. The molecule has 78 valence electrons. The van der Waals surface area contributed by atoms with Crippen LogP contribution < -0.4 is 5.32 Å². The minimum atomic E-state index is -1.24. The van der Waals surface area contributed by atoms with E-state index in [-0.39, 0.29) is 17.7 Å². The largest absolute Gasteiger partial charge is 0.477 e. The number of carbonyl (C=O) groups is 1. The average Bonchev–Trinajstić information content (AvgIpc) is 2.71. The summed E-state index contributed by atoms with van der Waals surface area (Å²) in [4.78, 5) is 11.2. The Morgan fingerprint density at radius 2 is 2.43 bits per heavy atom. The van der Waals surface area contributed by atoms with Crippen molar-refractivity contribution in [1.82, 2.24) is 5.32 Å². The summed E-state index contributed by atoms with van der Waals surface area (Å²) in [5.41, 5.74) is 0.0650. The zero-order chi connectivity index (χ0) is 10.1. The molecule has 0 aromatic rings. The Hall–Kier alpha value is -0.880. The third kappa shape index (κ3) is 1.55. The Morgan fingerprint density at radius 1 is 1.64 bits per heavy atom. The molecule has 5 nitrogen and oxygen atoms in total. The number of carboxylic acids is 1. The summed E-state index contributed by atoms with van der Waals surface area (Å²) in [6, 6.07) is 0. The second kappa shape index (κ2) is 3.70. The van der Waals surface area contributed by atoms with Crippen LogP contribution in [0.3, 0.4) is 0 Å². The van der Waals surface area contributed by atoms with Crippen LogP contribution in [0.4, 0.5) is 0 Å². The summed E-state index contributed by atoms with van der Waals surface area (Å²) in [5.74, 6) is -0.863. The van der Waals surface area contributed by atoms with Gasteiger partial charge in [-0.05, 0) is 12.8 Å². The van der Waals surface area contributed by atoms with Crippen molar-refractivity contribution in [2.45, 2.75) is 18.9 Å². The molecule has 0 aromatic carbocycles. The van der Waals surface area contributed by atoms with Crippen molar-refractivity contribution in [3.63, 3.8) is 0 Å². The Kier molecular flexibility index (Phi) is 2.56. The fourth-order valence-corrected chi connectivity index (χ4v) is 2.99. The number of aliphatic carboxylic acids is 1. The quantitative estimate of drug-likeness (QED) is 0.668. The minimum Gasteiger partial charge on any atom is -0.477 e. The van der Waals surface area contributed by atoms with E-state index in [1.165, 1.54) is 0 Å². The zero-order valence-corrected chi connectivity index (χ0v) is 8.30. The summed E-state index contributed by atoms with van der Waals surface area (Å²) >= 11 is 0. The molecule has 0 spiro atoms. The smallest absolute Gasteiger partial charge is 0.353 e. The van der Waals surface area contributed by atoms with Gasteiger partial charge in [-0.2, -0.15) is 0 Å². The van der Waals surface area contributed by atoms with E-state index in [1.54, 1.807) is 0 Å². The maximum absolute atomic E-state index is 11.5. The van der Waals surface area contributed by atoms with Gasteiger partial charge < -0.3 is 15.2 Å². The molecule has 0 bridgehead atoms. The summed E-state index contributed by atoms with van der Waals surface area (Å²) in [7, 11) is -1.24. The summed E-state index contributed by atoms with van der Waals surface area (Å²) in [6.07, 6.45) is 1.40. The van der Waals surface area contributed by atoms with Crippen LogP contribution in [0.25, 0.3) is 0 Å². The van der Waals surface area contributed by atoms with Crippen LogP contribution in [-0.4, -0.2) is 33.9 Å². The maximum Gasteiger partial charge on any atom is 0.353 e. The van der Waals surface area contributed by atoms with Gasteiger partial charge in [-0.15, -0.1) is 0 Å². The Labute approximate surface area is 83.6 Å². The van der Waals surface area contributed by atoms with E-state index >= 15 is 0 Å². The second-order valence-electron chi connectivity index (χ2n) is 3.21. The number of hydrogen-bond donors (Lipinski definition) is 2. The number of rotatable bonds is 2. The molecule has 0 aliphatic carbocycles. The van der Waals surface area contributed by atoms with E-state index in [2.05, 4.69) is 5.32 Å². The normalized spacial score (nSPS) is 32.0. The lowest BCUT2D eigenvalue weighted by Gasteiger charge is -2.09. The summed E-state index contributed by atoms with van der Waals surface area (Å²) in [6.45, 7) is 0.623. The second-order valence-corrected chi connectivity index (χ2v) is 4.63. The minimum absolute atomic E-state index is 0.0650. The first-order chi connectivity index (χ1) is 6.70. The monoisotopic (exact) mass is 217 g/mol. The predicted octanol–water partition coefficient (Wildman–Crippen LogP) is -0.229. The van der Waals surface area contributed by atoms with Crippen molar-refractivity contribution in [3.8, 4) is 0 Å². The highest BCUT2D eigenvalue weighted by Crippen LogP contribution is 2.27. The van der Waals surface area contributed by atoms with Crippen LogP contribution in [0.15, 0.2) is 10.6 Å². The van der Waals surface area contributed by atoms with Gasteiger partial charge in [0, 0.05) is 6.61 Å². The summed E-state index contributed by atoms with van der Waals surface area (Å²) in [5, 5.41) is 11.5. The topological polar surface area (TPSA) is 75.6 Å². The molecule has 2 rings (SSSR count). The Bertz CT molecular complexity index is 319.